The van der Waals surface area contributed by atoms with Gasteiger partial charge in [-0.3, -0.25) is 4.79 Å². The molecule has 0 unspecified atom stereocenters. The van der Waals surface area contributed by atoms with Crippen LogP contribution in [0.3, 0.4) is 0 Å². The molecule has 8 heteroatoms. The van der Waals surface area contributed by atoms with Crippen LogP contribution in [-0.4, -0.2) is 48.5 Å². The van der Waals surface area contributed by atoms with E-state index in [2.05, 4.69) is 4.98 Å². The standard InChI is InChI=1S/C12H18N2O5S/c1-3-7-14(9-12(15)16)20(17,18)10-5-6-11(13-8-10)19-4-2/h5-6,8H,3-4,7,9H2,1-2H3,(H,15,16). The molecule has 0 amide bonds. The highest BCUT2D eigenvalue weighted by molar-refractivity contribution is 7.89. The molecular weight excluding hydrogens is 284 g/mol. The van der Waals surface area contributed by atoms with Crippen molar-refractivity contribution in [1.29, 1.82) is 0 Å². The maximum atomic E-state index is 12.3. The number of aliphatic carboxylic acids is 1. The largest absolute Gasteiger partial charge is 0.480 e. The SMILES string of the molecule is CCCN(CC(=O)O)S(=O)(=O)c1ccc(OCC)nc1. The Kier molecular flexibility index (Phi) is 5.90. The molecule has 20 heavy (non-hydrogen) atoms. The van der Waals surface area contributed by atoms with Gasteiger partial charge in [0, 0.05) is 12.6 Å². The zero-order valence-corrected chi connectivity index (χ0v) is 12.3. The van der Waals surface area contributed by atoms with Crippen LogP contribution in [0.25, 0.3) is 0 Å². The third-order valence-corrected chi connectivity index (χ3v) is 4.25. The average molecular weight is 302 g/mol. The van der Waals surface area contributed by atoms with Gasteiger partial charge in [-0.25, -0.2) is 13.4 Å². The summed E-state index contributed by atoms with van der Waals surface area (Å²) in [4.78, 5) is 14.6. The highest BCUT2D eigenvalue weighted by Gasteiger charge is 2.26. The summed E-state index contributed by atoms with van der Waals surface area (Å²) in [5.74, 6) is -0.868. The topological polar surface area (TPSA) is 96.8 Å². The van der Waals surface area contributed by atoms with Crippen molar-refractivity contribution >= 4 is 16.0 Å². The highest BCUT2D eigenvalue weighted by Crippen LogP contribution is 2.17. The minimum absolute atomic E-state index is 0.0457. The van der Waals surface area contributed by atoms with Crippen LogP contribution in [0.5, 0.6) is 5.88 Å². The van der Waals surface area contributed by atoms with Crippen LogP contribution >= 0.6 is 0 Å². The van der Waals surface area contributed by atoms with Gasteiger partial charge >= 0.3 is 5.97 Å². The van der Waals surface area contributed by atoms with Crippen LogP contribution in [-0.2, 0) is 14.8 Å². The second kappa shape index (κ2) is 7.20. The lowest BCUT2D eigenvalue weighted by Crippen LogP contribution is -2.36. The van der Waals surface area contributed by atoms with Crippen molar-refractivity contribution in [3.63, 3.8) is 0 Å². The number of carbonyl (C=O) groups is 1. The van der Waals surface area contributed by atoms with E-state index < -0.39 is 22.5 Å². The van der Waals surface area contributed by atoms with E-state index in [1.807, 2.05) is 0 Å². The molecule has 1 aromatic rings. The molecule has 0 aliphatic heterocycles. The number of ether oxygens (including phenoxy) is 1. The molecule has 112 valence electrons. The summed E-state index contributed by atoms with van der Waals surface area (Å²) < 4.78 is 30.7. The Morgan fingerprint density at radius 3 is 2.55 bits per heavy atom. The van der Waals surface area contributed by atoms with Crippen LogP contribution in [0.2, 0.25) is 0 Å². The molecule has 1 aromatic heterocycles. The van der Waals surface area contributed by atoms with Gasteiger partial charge in [0.15, 0.2) is 0 Å². The lowest BCUT2D eigenvalue weighted by atomic mass is 10.5. The van der Waals surface area contributed by atoms with Gasteiger partial charge in [-0.1, -0.05) is 6.92 Å². The Labute approximate surface area is 118 Å². The van der Waals surface area contributed by atoms with Gasteiger partial charge in [-0.05, 0) is 19.4 Å². The van der Waals surface area contributed by atoms with Crippen LogP contribution in [0.15, 0.2) is 23.2 Å². The maximum absolute atomic E-state index is 12.3. The van der Waals surface area contributed by atoms with Gasteiger partial charge in [0.05, 0.1) is 12.8 Å². The first kappa shape index (κ1) is 16.4. The quantitative estimate of drug-likeness (QED) is 0.768. The van der Waals surface area contributed by atoms with Crippen molar-refractivity contribution in [2.45, 2.75) is 25.2 Å². The number of sulfonamides is 1. The van der Waals surface area contributed by atoms with Gasteiger partial charge < -0.3 is 9.84 Å². The molecule has 0 atom stereocenters. The van der Waals surface area contributed by atoms with Crippen LogP contribution in [0, 0.1) is 0 Å². The molecule has 0 aromatic carbocycles. The van der Waals surface area contributed by atoms with Crippen molar-refractivity contribution < 1.29 is 23.1 Å². The molecule has 1 rings (SSSR count). The lowest BCUT2D eigenvalue weighted by molar-refractivity contribution is -0.137. The summed E-state index contributed by atoms with van der Waals surface area (Å²) in [5, 5.41) is 8.79. The van der Waals surface area contributed by atoms with E-state index in [-0.39, 0.29) is 11.4 Å². The molecule has 0 aliphatic rings. The van der Waals surface area contributed by atoms with Gasteiger partial charge in [-0.2, -0.15) is 4.31 Å². The number of hydrogen-bond donors (Lipinski definition) is 1. The smallest absolute Gasteiger partial charge is 0.318 e. The molecular formula is C12H18N2O5S. The molecule has 0 fully saturated rings. The number of hydrogen-bond acceptors (Lipinski definition) is 5. The van der Waals surface area contributed by atoms with Gasteiger partial charge in [-0.15, -0.1) is 0 Å². The summed E-state index contributed by atoms with van der Waals surface area (Å²) in [5.41, 5.74) is 0. The van der Waals surface area contributed by atoms with Gasteiger partial charge in [0.2, 0.25) is 15.9 Å². The summed E-state index contributed by atoms with van der Waals surface area (Å²) >= 11 is 0. The Morgan fingerprint density at radius 2 is 2.10 bits per heavy atom. The number of nitrogens with zero attached hydrogens (tertiary/aromatic N) is 2. The molecule has 0 radical (unpaired) electrons. The normalized spacial score (nSPS) is 11.6. The second-order valence-electron chi connectivity index (χ2n) is 4.00. The van der Waals surface area contributed by atoms with E-state index >= 15 is 0 Å². The zero-order chi connectivity index (χ0) is 15.2. The van der Waals surface area contributed by atoms with E-state index in [0.29, 0.717) is 18.9 Å². The third kappa shape index (κ3) is 4.17. The van der Waals surface area contributed by atoms with E-state index in [1.54, 1.807) is 13.8 Å². The number of carboxylic acids is 1. The highest BCUT2D eigenvalue weighted by atomic mass is 32.2. The molecule has 1 heterocycles. The lowest BCUT2D eigenvalue weighted by Gasteiger charge is -2.19. The van der Waals surface area contributed by atoms with Crippen molar-refractivity contribution in [2.75, 3.05) is 19.7 Å². The van der Waals surface area contributed by atoms with Crippen molar-refractivity contribution in [3.05, 3.63) is 18.3 Å². The fourth-order valence-corrected chi connectivity index (χ4v) is 3.01. The summed E-state index contributed by atoms with van der Waals surface area (Å²) in [6, 6.07) is 2.80. The number of aromatic nitrogens is 1. The van der Waals surface area contributed by atoms with Crippen molar-refractivity contribution in [1.82, 2.24) is 9.29 Å². The number of carboxylic acid groups (broad SMARTS) is 1. The fourth-order valence-electron chi connectivity index (χ4n) is 1.59. The first-order valence-corrected chi connectivity index (χ1v) is 7.66. The second-order valence-corrected chi connectivity index (χ2v) is 5.94. The van der Waals surface area contributed by atoms with Crippen LogP contribution < -0.4 is 4.74 Å². The first-order chi connectivity index (χ1) is 9.41. The Bertz CT molecular complexity index is 541. The molecule has 1 N–H and O–H groups in total. The first-order valence-electron chi connectivity index (χ1n) is 6.22. The van der Waals surface area contributed by atoms with Crippen molar-refractivity contribution in [2.24, 2.45) is 0 Å². The monoisotopic (exact) mass is 302 g/mol. The predicted molar refractivity (Wildman–Crippen MR) is 72.1 cm³/mol. The molecule has 0 saturated heterocycles. The summed E-state index contributed by atoms with van der Waals surface area (Å²) in [6.07, 6.45) is 1.70. The molecule has 0 bridgehead atoms. The zero-order valence-electron chi connectivity index (χ0n) is 11.4. The third-order valence-electron chi connectivity index (χ3n) is 2.42. The molecule has 7 nitrogen and oxygen atoms in total. The molecule has 0 spiro atoms. The van der Waals surface area contributed by atoms with Crippen LogP contribution in [0.1, 0.15) is 20.3 Å². The Morgan fingerprint density at radius 1 is 1.40 bits per heavy atom. The van der Waals surface area contributed by atoms with E-state index in [9.17, 15) is 13.2 Å². The van der Waals surface area contributed by atoms with Crippen molar-refractivity contribution in [3.8, 4) is 5.88 Å². The van der Waals surface area contributed by atoms with Gasteiger partial charge in [0.1, 0.15) is 11.4 Å². The van der Waals surface area contributed by atoms with E-state index in [4.69, 9.17) is 9.84 Å². The minimum Gasteiger partial charge on any atom is -0.480 e. The minimum atomic E-state index is -3.86. The fraction of sp³-hybridized carbons (Fsp3) is 0.500. The number of rotatable bonds is 8. The van der Waals surface area contributed by atoms with E-state index in [0.717, 1.165) is 4.31 Å². The molecule has 0 saturated carbocycles. The number of pyridine rings is 1. The van der Waals surface area contributed by atoms with E-state index in [1.165, 1.54) is 18.3 Å². The average Bonchev–Trinajstić information content (AvgIpc) is 2.39. The summed E-state index contributed by atoms with van der Waals surface area (Å²) in [7, 11) is -3.86. The summed E-state index contributed by atoms with van der Waals surface area (Å²) in [6.45, 7) is 3.58. The maximum Gasteiger partial charge on any atom is 0.318 e. The van der Waals surface area contributed by atoms with Gasteiger partial charge in [0.25, 0.3) is 0 Å². The Hall–Kier alpha value is -1.67. The predicted octanol–water partition coefficient (Wildman–Crippen LogP) is 0.966. The Balaban J connectivity index is 3.02. The molecule has 0 aliphatic carbocycles. The van der Waals surface area contributed by atoms with Crippen LogP contribution in [0.4, 0.5) is 0 Å².